The number of methoxy groups -OCH3 is 1. The van der Waals surface area contributed by atoms with Gasteiger partial charge in [-0.1, -0.05) is 45.9 Å². The molecule has 120 valence electrons. The van der Waals surface area contributed by atoms with Gasteiger partial charge in [0.15, 0.2) is 0 Å². The van der Waals surface area contributed by atoms with E-state index in [1.54, 1.807) is 0 Å². The van der Waals surface area contributed by atoms with Crippen molar-refractivity contribution in [2.24, 2.45) is 4.99 Å². The summed E-state index contributed by atoms with van der Waals surface area (Å²) in [7, 11) is 1.34. The van der Waals surface area contributed by atoms with E-state index in [1.807, 2.05) is 0 Å². The Kier molecular flexibility index (Phi) is 5.06. The van der Waals surface area contributed by atoms with Gasteiger partial charge in [-0.2, -0.15) is 0 Å². The quantitative estimate of drug-likeness (QED) is 0.900. The zero-order valence-electron chi connectivity index (χ0n) is 13.9. The second-order valence-corrected chi connectivity index (χ2v) is 6.20. The van der Waals surface area contributed by atoms with E-state index in [4.69, 9.17) is 0 Å². The summed E-state index contributed by atoms with van der Waals surface area (Å²) in [4.78, 5) is 15.6. The van der Waals surface area contributed by atoms with Gasteiger partial charge in [0.2, 0.25) is 5.96 Å². The van der Waals surface area contributed by atoms with E-state index in [0.29, 0.717) is 24.3 Å². The zero-order valence-corrected chi connectivity index (χ0v) is 13.9. The number of nitrogens with one attached hydrogen (secondary N) is 2. The number of carbonyl (C=O) groups is 1. The van der Waals surface area contributed by atoms with Crippen LogP contribution in [-0.2, 0) is 4.74 Å². The molecule has 2 N–H and O–H groups in total. The minimum atomic E-state index is -0.507. The van der Waals surface area contributed by atoms with Gasteiger partial charge < -0.3 is 10.1 Å². The standard InChI is InChI=1S/C17H25N3O2/c1-10(2)12-6-7-13(11(3)4)14(8-12)15-9-18-16(19-15)20-17(21)22-5/h6-8,10-11,15H,9H2,1-5H3,(H2,18,19,20,21). The molecule has 1 aromatic carbocycles. The van der Waals surface area contributed by atoms with Crippen LogP contribution in [0, 0.1) is 0 Å². The van der Waals surface area contributed by atoms with E-state index in [2.05, 4.69) is 66.3 Å². The molecule has 1 heterocycles. The molecule has 22 heavy (non-hydrogen) atoms. The summed E-state index contributed by atoms with van der Waals surface area (Å²) < 4.78 is 4.59. The number of guanidine groups is 1. The topological polar surface area (TPSA) is 62.7 Å². The molecule has 0 bridgehead atoms. The van der Waals surface area contributed by atoms with Gasteiger partial charge in [-0.3, -0.25) is 10.3 Å². The average Bonchev–Trinajstić information content (AvgIpc) is 2.94. The van der Waals surface area contributed by atoms with E-state index in [0.717, 1.165) is 0 Å². The van der Waals surface area contributed by atoms with Crippen molar-refractivity contribution in [3.8, 4) is 0 Å². The summed E-state index contributed by atoms with van der Waals surface area (Å²) >= 11 is 0. The minimum absolute atomic E-state index is 0.0863. The monoisotopic (exact) mass is 303 g/mol. The van der Waals surface area contributed by atoms with Crippen LogP contribution < -0.4 is 10.6 Å². The summed E-state index contributed by atoms with van der Waals surface area (Å²) in [5.74, 6) is 1.40. The van der Waals surface area contributed by atoms with Crippen LogP contribution in [0.4, 0.5) is 4.79 Å². The first-order valence-electron chi connectivity index (χ1n) is 7.72. The molecule has 5 heteroatoms. The molecule has 2 rings (SSSR count). The highest BCUT2D eigenvalue weighted by Crippen LogP contribution is 2.30. The maximum Gasteiger partial charge on any atom is 0.413 e. The van der Waals surface area contributed by atoms with Crippen molar-refractivity contribution < 1.29 is 9.53 Å². The molecule has 0 radical (unpaired) electrons. The number of benzene rings is 1. The minimum Gasteiger partial charge on any atom is -0.453 e. The van der Waals surface area contributed by atoms with Gasteiger partial charge in [-0.05, 0) is 28.5 Å². The van der Waals surface area contributed by atoms with Crippen molar-refractivity contribution in [2.45, 2.75) is 45.6 Å². The smallest absolute Gasteiger partial charge is 0.413 e. The number of aliphatic imine (C=N–C) groups is 1. The molecule has 1 aliphatic rings. The molecule has 1 amide bonds. The van der Waals surface area contributed by atoms with E-state index < -0.39 is 6.09 Å². The van der Waals surface area contributed by atoms with Crippen LogP contribution in [0.15, 0.2) is 23.2 Å². The fourth-order valence-electron chi connectivity index (χ4n) is 2.62. The Morgan fingerprint density at radius 1 is 1.32 bits per heavy atom. The third kappa shape index (κ3) is 3.59. The van der Waals surface area contributed by atoms with E-state index in [-0.39, 0.29) is 6.04 Å². The largest absolute Gasteiger partial charge is 0.453 e. The van der Waals surface area contributed by atoms with Crippen LogP contribution in [-0.4, -0.2) is 25.7 Å². The lowest BCUT2D eigenvalue weighted by Crippen LogP contribution is -2.39. The zero-order chi connectivity index (χ0) is 16.3. The van der Waals surface area contributed by atoms with Gasteiger partial charge in [0, 0.05) is 0 Å². The first-order chi connectivity index (χ1) is 10.4. The van der Waals surface area contributed by atoms with E-state index in [9.17, 15) is 4.79 Å². The van der Waals surface area contributed by atoms with Crippen LogP contribution in [0.5, 0.6) is 0 Å². The molecule has 1 atom stereocenters. The van der Waals surface area contributed by atoms with Crippen molar-refractivity contribution in [1.82, 2.24) is 10.6 Å². The van der Waals surface area contributed by atoms with Gasteiger partial charge in [0.1, 0.15) is 0 Å². The summed E-state index contributed by atoms with van der Waals surface area (Å²) in [6.45, 7) is 9.38. The highest BCUT2D eigenvalue weighted by molar-refractivity contribution is 5.95. The second-order valence-electron chi connectivity index (χ2n) is 6.20. The predicted molar refractivity (Wildman–Crippen MR) is 88.3 cm³/mol. The maximum atomic E-state index is 11.3. The van der Waals surface area contributed by atoms with Gasteiger partial charge in [-0.15, -0.1) is 0 Å². The van der Waals surface area contributed by atoms with Crippen molar-refractivity contribution in [2.75, 3.05) is 13.7 Å². The molecular formula is C17H25N3O2. The van der Waals surface area contributed by atoms with Crippen LogP contribution >= 0.6 is 0 Å². The Morgan fingerprint density at radius 2 is 2.05 bits per heavy atom. The number of rotatable bonds is 3. The van der Waals surface area contributed by atoms with Crippen molar-refractivity contribution in [3.05, 3.63) is 34.9 Å². The van der Waals surface area contributed by atoms with Crippen molar-refractivity contribution >= 4 is 12.1 Å². The Labute approximate surface area is 132 Å². The number of carbonyl (C=O) groups excluding carboxylic acids is 1. The molecule has 0 saturated carbocycles. The highest BCUT2D eigenvalue weighted by Gasteiger charge is 2.24. The Balaban J connectivity index is 2.22. The van der Waals surface area contributed by atoms with Gasteiger partial charge in [0.05, 0.1) is 19.7 Å². The molecule has 0 spiro atoms. The van der Waals surface area contributed by atoms with E-state index in [1.165, 1.54) is 23.8 Å². The van der Waals surface area contributed by atoms with Gasteiger partial charge in [0.25, 0.3) is 0 Å². The number of hydrogen-bond acceptors (Lipinski definition) is 4. The molecule has 1 unspecified atom stereocenters. The molecule has 0 aliphatic carbocycles. The van der Waals surface area contributed by atoms with Crippen molar-refractivity contribution in [1.29, 1.82) is 0 Å². The molecule has 5 nitrogen and oxygen atoms in total. The van der Waals surface area contributed by atoms with Gasteiger partial charge >= 0.3 is 6.09 Å². The molecule has 1 aliphatic heterocycles. The van der Waals surface area contributed by atoms with Crippen LogP contribution in [0.1, 0.15) is 62.3 Å². The molecule has 1 aromatic rings. The fourth-order valence-corrected chi connectivity index (χ4v) is 2.62. The number of alkyl carbamates (subject to hydrolysis) is 1. The number of hydrogen-bond donors (Lipinski definition) is 2. The highest BCUT2D eigenvalue weighted by atomic mass is 16.5. The molecule has 0 saturated heterocycles. The second kappa shape index (κ2) is 6.81. The first kappa shape index (κ1) is 16.3. The van der Waals surface area contributed by atoms with Crippen LogP contribution in [0.2, 0.25) is 0 Å². The lowest BCUT2D eigenvalue weighted by atomic mass is 9.89. The summed E-state index contributed by atoms with van der Waals surface area (Å²) in [6.07, 6.45) is -0.507. The Hall–Kier alpha value is -2.04. The summed E-state index contributed by atoms with van der Waals surface area (Å²) in [5.41, 5.74) is 3.89. The Bertz CT molecular complexity index is 579. The average molecular weight is 303 g/mol. The fraction of sp³-hybridized carbons (Fsp3) is 0.529. The van der Waals surface area contributed by atoms with E-state index >= 15 is 0 Å². The van der Waals surface area contributed by atoms with Crippen LogP contribution in [0.3, 0.4) is 0 Å². The maximum absolute atomic E-state index is 11.3. The molecule has 0 fully saturated rings. The number of amides is 1. The number of ether oxygens (including phenoxy) is 1. The molecular weight excluding hydrogens is 278 g/mol. The molecule has 0 aromatic heterocycles. The summed E-state index contributed by atoms with van der Waals surface area (Å²) in [5, 5.41) is 5.86. The SMILES string of the molecule is COC(=O)NC1=NCC(c2cc(C(C)C)ccc2C(C)C)N1. The third-order valence-corrected chi connectivity index (χ3v) is 3.92. The summed E-state index contributed by atoms with van der Waals surface area (Å²) in [6, 6.07) is 6.76. The third-order valence-electron chi connectivity index (χ3n) is 3.92. The number of nitrogens with zero attached hydrogens (tertiary/aromatic N) is 1. The first-order valence-corrected chi connectivity index (χ1v) is 7.72. The Morgan fingerprint density at radius 3 is 2.64 bits per heavy atom. The lowest BCUT2D eigenvalue weighted by Gasteiger charge is -2.21. The lowest BCUT2D eigenvalue weighted by molar-refractivity contribution is 0.176. The predicted octanol–water partition coefficient (Wildman–Crippen LogP) is 3.29. The van der Waals surface area contributed by atoms with Gasteiger partial charge in [-0.25, -0.2) is 4.79 Å². The normalized spacial score (nSPS) is 17.4. The van der Waals surface area contributed by atoms with Crippen LogP contribution in [0.25, 0.3) is 0 Å². The van der Waals surface area contributed by atoms with Crippen molar-refractivity contribution in [3.63, 3.8) is 0 Å².